The molecule has 3 nitrogen and oxygen atoms in total. The van der Waals surface area contributed by atoms with Crippen molar-refractivity contribution in [2.45, 2.75) is 52.4 Å². The fraction of sp³-hybridized carbons (Fsp3) is 0.133. The molecule has 63 heavy (non-hydrogen) atoms. The zero-order valence-electron chi connectivity index (χ0n) is 36.8. The number of furan rings is 1. The van der Waals surface area contributed by atoms with Gasteiger partial charge in [0, 0.05) is 38.6 Å². The molecule has 0 N–H and O–H groups in total. The van der Waals surface area contributed by atoms with E-state index in [-0.39, 0.29) is 10.8 Å². The Bertz CT molecular complexity index is 3410. The van der Waals surface area contributed by atoms with Crippen LogP contribution in [0.5, 0.6) is 0 Å². The van der Waals surface area contributed by atoms with E-state index in [1.165, 1.54) is 60.4 Å². The molecule has 0 radical (unpaired) electrons. The van der Waals surface area contributed by atoms with E-state index in [9.17, 15) is 0 Å². The predicted molar refractivity (Wildman–Crippen MR) is 269 cm³/mol. The number of benzene rings is 9. The summed E-state index contributed by atoms with van der Waals surface area (Å²) in [5, 5.41) is 7.21. The lowest BCUT2D eigenvalue weighted by molar-refractivity contribution is 0.590. The first-order chi connectivity index (χ1) is 30.5. The third-order valence-electron chi connectivity index (χ3n) is 12.9. The van der Waals surface area contributed by atoms with Crippen LogP contribution in [0.15, 0.2) is 199 Å². The van der Waals surface area contributed by atoms with Crippen LogP contribution in [0, 0.1) is 0 Å². The van der Waals surface area contributed by atoms with Gasteiger partial charge in [-0.15, -0.1) is 0 Å². The second-order valence-electron chi connectivity index (χ2n) is 19.1. The monoisotopic (exact) mass is 814 g/mol. The zero-order valence-corrected chi connectivity index (χ0v) is 36.8. The van der Waals surface area contributed by atoms with Crippen LogP contribution in [0.4, 0.5) is 17.1 Å². The van der Waals surface area contributed by atoms with E-state index in [0.717, 1.165) is 50.3 Å². The van der Waals surface area contributed by atoms with E-state index in [2.05, 4.69) is 239 Å². The summed E-state index contributed by atoms with van der Waals surface area (Å²) in [5.74, 6) is 0. The molecule has 3 heteroatoms. The molecule has 0 bridgehead atoms. The number of hydrogen-bond acceptors (Lipinski definition) is 2. The smallest absolute Gasteiger partial charge is 0.160 e. The molecule has 0 amide bonds. The van der Waals surface area contributed by atoms with Crippen molar-refractivity contribution >= 4 is 71.6 Å². The molecular weight excluding hydrogens is 765 g/mol. The van der Waals surface area contributed by atoms with Gasteiger partial charge in [0.05, 0.1) is 16.7 Å². The Balaban J connectivity index is 1.01. The third kappa shape index (κ3) is 6.67. The number of hydrogen-bond donors (Lipinski definition) is 0. The molecule has 0 aliphatic rings. The summed E-state index contributed by atoms with van der Waals surface area (Å²) in [4.78, 5) is 2.34. The summed E-state index contributed by atoms with van der Waals surface area (Å²) >= 11 is 0. The number of rotatable bonds is 6. The highest BCUT2D eigenvalue weighted by atomic mass is 16.3. The van der Waals surface area contributed by atoms with Gasteiger partial charge in [-0.1, -0.05) is 163 Å². The van der Waals surface area contributed by atoms with Crippen LogP contribution in [-0.2, 0) is 10.8 Å². The van der Waals surface area contributed by atoms with Crippen LogP contribution in [0.3, 0.4) is 0 Å². The molecule has 2 aromatic heterocycles. The number of fused-ring (bicyclic) bond motifs is 8. The molecule has 0 saturated heterocycles. The molecule has 0 unspecified atom stereocenters. The Labute approximate surface area is 369 Å². The lowest BCUT2D eigenvalue weighted by atomic mass is 9.85. The van der Waals surface area contributed by atoms with Gasteiger partial charge in [-0.25, -0.2) is 0 Å². The van der Waals surface area contributed by atoms with Gasteiger partial charge in [-0.2, -0.15) is 0 Å². The molecule has 0 saturated carbocycles. The first-order valence-electron chi connectivity index (χ1n) is 22.1. The van der Waals surface area contributed by atoms with Crippen LogP contribution < -0.4 is 4.90 Å². The topological polar surface area (TPSA) is 21.3 Å². The van der Waals surface area contributed by atoms with E-state index in [1.807, 2.05) is 6.07 Å². The fourth-order valence-corrected chi connectivity index (χ4v) is 9.42. The second kappa shape index (κ2) is 14.6. The van der Waals surface area contributed by atoms with Gasteiger partial charge in [0.2, 0.25) is 0 Å². The highest BCUT2D eigenvalue weighted by Gasteiger charge is 2.23. The summed E-state index contributed by atoms with van der Waals surface area (Å²) in [6.45, 7) is 13.8. The first kappa shape index (κ1) is 38.6. The largest absolute Gasteiger partial charge is 0.454 e. The van der Waals surface area contributed by atoms with Gasteiger partial charge in [0.25, 0.3) is 0 Å². The molecular formula is C60H50N2O. The Kier molecular flexibility index (Phi) is 8.96. The van der Waals surface area contributed by atoms with E-state index >= 15 is 0 Å². The highest BCUT2D eigenvalue weighted by molar-refractivity contribution is 6.23. The molecule has 0 fully saturated rings. The summed E-state index contributed by atoms with van der Waals surface area (Å²) < 4.78 is 9.22. The molecule has 0 aliphatic heterocycles. The maximum Gasteiger partial charge on any atom is 0.160 e. The van der Waals surface area contributed by atoms with Gasteiger partial charge in [-0.05, 0) is 128 Å². The molecule has 11 rings (SSSR count). The number of para-hydroxylation sites is 1. The van der Waals surface area contributed by atoms with Crippen molar-refractivity contribution in [3.8, 4) is 27.9 Å². The normalized spacial score (nSPS) is 12.3. The minimum atomic E-state index is 0.0562. The van der Waals surface area contributed by atoms with E-state index in [0.29, 0.717) is 0 Å². The lowest BCUT2D eigenvalue weighted by Crippen LogP contribution is -2.10. The Morgan fingerprint density at radius 1 is 0.413 bits per heavy atom. The van der Waals surface area contributed by atoms with Crippen molar-refractivity contribution in [3.63, 3.8) is 0 Å². The SMILES string of the molecule is CC(C)(C)c1ccc2c(c1)c1cc(C(C)(C)C)ccc1n2-c1ccc(-c2ccc(N(c3ccc(-c4ccccc4)cc3)c3cc4ccccc4c4c3oc3ccccc34)cc2)cc1. The molecule has 2 heterocycles. The standard InChI is InChI=1S/C60H50N2O/c1-59(2,3)44-26-34-53-51(37-44)52-38-45(60(4,5)6)27-35-54(52)62(53)48-32-24-42(25-33-48)41-22-30-47(31-23-41)61(46-28-20-40(21-29-46)39-14-8-7-9-15-39)55-36-43-16-10-11-17-49(43)57-50-18-12-13-19-56(50)63-58(55)57/h7-38H,1-6H3. The van der Waals surface area contributed by atoms with Gasteiger partial charge in [0.15, 0.2) is 5.58 Å². The van der Waals surface area contributed by atoms with Crippen LogP contribution in [0.1, 0.15) is 52.7 Å². The van der Waals surface area contributed by atoms with Crippen molar-refractivity contribution in [3.05, 3.63) is 205 Å². The zero-order chi connectivity index (χ0) is 43.0. The molecule has 0 spiro atoms. The van der Waals surface area contributed by atoms with Crippen molar-refractivity contribution in [1.29, 1.82) is 0 Å². The minimum absolute atomic E-state index is 0.0562. The minimum Gasteiger partial charge on any atom is -0.454 e. The lowest BCUT2D eigenvalue weighted by Gasteiger charge is -2.26. The first-order valence-corrected chi connectivity index (χ1v) is 22.1. The Morgan fingerprint density at radius 2 is 0.889 bits per heavy atom. The molecule has 9 aromatic carbocycles. The van der Waals surface area contributed by atoms with Crippen LogP contribution in [0.2, 0.25) is 0 Å². The quantitative estimate of drug-likeness (QED) is 0.167. The maximum atomic E-state index is 6.79. The second-order valence-corrected chi connectivity index (χ2v) is 19.1. The van der Waals surface area contributed by atoms with Gasteiger partial charge < -0.3 is 13.9 Å². The van der Waals surface area contributed by atoms with Crippen molar-refractivity contribution in [1.82, 2.24) is 4.57 Å². The molecule has 306 valence electrons. The number of nitrogens with zero attached hydrogens (tertiary/aromatic N) is 2. The van der Waals surface area contributed by atoms with Crippen LogP contribution >= 0.6 is 0 Å². The highest BCUT2D eigenvalue weighted by Crippen LogP contribution is 2.46. The van der Waals surface area contributed by atoms with Crippen molar-refractivity contribution in [2.24, 2.45) is 0 Å². The molecule has 0 aliphatic carbocycles. The molecule has 0 atom stereocenters. The van der Waals surface area contributed by atoms with E-state index in [1.54, 1.807) is 0 Å². The summed E-state index contributed by atoms with van der Waals surface area (Å²) in [7, 11) is 0. The van der Waals surface area contributed by atoms with Gasteiger partial charge >= 0.3 is 0 Å². The van der Waals surface area contributed by atoms with Crippen molar-refractivity contribution < 1.29 is 4.42 Å². The van der Waals surface area contributed by atoms with Crippen LogP contribution in [0.25, 0.3) is 82.5 Å². The number of anilines is 3. The predicted octanol–water partition coefficient (Wildman–Crippen LogP) is 17.2. The number of aromatic nitrogens is 1. The van der Waals surface area contributed by atoms with Gasteiger partial charge in [-0.3, -0.25) is 0 Å². The van der Waals surface area contributed by atoms with E-state index < -0.39 is 0 Å². The van der Waals surface area contributed by atoms with Crippen LogP contribution in [-0.4, -0.2) is 4.57 Å². The summed E-state index contributed by atoms with van der Waals surface area (Å²) in [6, 6.07) is 70.8. The van der Waals surface area contributed by atoms with E-state index in [4.69, 9.17) is 4.42 Å². The average Bonchev–Trinajstić information content (AvgIpc) is 3.86. The Hall–Kier alpha value is -7.36. The fourth-order valence-electron chi connectivity index (χ4n) is 9.42. The van der Waals surface area contributed by atoms with Crippen molar-refractivity contribution in [2.75, 3.05) is 4.90 Å². The Morgan fingerprint density at radius 3 is 1.44 bits per heavy atom. The summed E-state index contributed by atoms with van der Waals surface area (Å²) in [5.41, 5.74) is 16.0. The summed E-state index contributed by atoms with van der Waals surface area (Å²) in [6.07, 6.45) is 0. The molecule has 11 aromatic rings. The third-order valence-corrected chi connectivity index (χ3v) is 12.9. The maximum absolute atomic E-state index is 6.79. The average molecular weight is 815 g/mol. The van der Waals surface area contributed by atoms with Gasteiger partial charge in [0.1, 0.15) is 5.58 Å².